The van der Waals surface area contributed by atoms with Gasteiger partial charge in [-0.3, -0.25) is 9.88 Å². The SMILES string of the molecule is COc1cnc(-c2ccc(C(=O)O)cc2F)cc1C1=C(CN2C(=O)O[C@H](c3cc(C(F)(F)F)cc(C(F)(F)F)c3)[C@@H]2C)CC(C)(C)CC1. The van der Waals surface area contributed by atoms with Gasteiger partial charge in [0.15, 0.2) is 0 Å². The molecule has 1 N–H and O–H groups in total. The molecule has 2 aliphatic rings. The highest BCUT2D eigenvalue weighted by molar-refractivity contribution is 5.88. The number of ether oxygens (including phenoxy) is 2. The van der Waals surface area contributed by atoms with E-state index in [1.54, 1.807) is 6.07 Å². The van der Waals surface area contributed by atoms with Crippen LogP contribution in [-0.4, -0.2) is 46.7 Å². The van der Waals surface area contributed by atoms with Crippen molar-refractivity contribution in [2.45, 2.75) is 64.5 Å². The second-order valence-electron chi connectivity index (χ2n) is 12.7. The summed E-state index contributed by atoms with van der Waals surface area (Å²) < 4.78 is 107. The van der Waals surface area contributed by atoms with Crippen molar-refractivity contribution in [1.82, 2.24) is 9.88 Å². The van der Waals surface area contributed by atoms with E-state index in [0.717, 1.165) is 17.2 Å². The molecule has 0 unspecified atom stereocenters. The monoisotopic (exact) mass is 680 g/mol. The van der Waals surface area contributed by atoms with Crippen LogP contribution in [0.2, 0.25) is 0 Å². The van der Waals surface area contributed by atoms with Gasteiger partial charge < -0.3 is 14.6 Å². The zero-order chi connectivity index (χ0) is 35.3. The molecule has 0 radical (unpaired) electrons. The molecule has 0 saturated carbocycles. The van der Waals surface area contributed by atoms with Crippen molar-refractivity contribution >= 4 is 17.6 Å². The molecular weight excluding hydrogens is 649 g/mol. The fraction of sp³-hybridized carbons (Fsp3) is 0.382. The predicted molar refractivity (Wildman–Crippen MR) is 160 cm³/mol. The average Bonchev–Trinajstić information content (AvgIpc) is 3.27. The molecule has 0 bridgehead atoms. The van der Waals surface area contributed by atoms with Crippen LogP contribution in [0, 0.1) is 11.2 Å². The number of aromatic carboxylic acids is 1. The maximum Gasteiger partial charge on any atom is 0.416 e. The van der Waals surface area contributed by atoms with Crippen LogP contribution in [0.3, 0.4) is 0 Å². The second-order valence-corrected chi connectivity index (χ2v) is 12.7. The van der Waals surface area contributed by atoms with Gasteiger partial charge in [-0.15, -0.1) is 0 Å². The number of carbonyl (C=O) groups is 2. The molecule has 1 fully saturated rings. The lowest BCUT2D eigenvalue weighted by Crippen LogP contribution is -2.35. The summed E-state index contributed by atoms with van der Waals surface area (Å²) >= 11 is 0. The van der Waals surface area contributed by atoms with Crippen molar-refractivity contribution in [3.63, 3.8) is 0 Å². The first-order valence-electron chi connectivity index (χ1n) is 14.8. The van der Waals surface area contributed by atoms with Crippen LogP contribution >= 0.6 is 0 Å². The summed E-state index contributed by atoms with van der Waals surface area (Å²) in [6, 6.07) is 5.23. The summed E-state index contributed by atoms with van der Waals surface area (Å²) in [5.74, 6) is -1.76. The van der Waals surface area contributed by atoms with Gasteiger partial charge in [0.05, 0.1) is 41.7 Å². The molecule has 1 aliphatic carbocycles. The highest BCUT2D eigenvalue weighted by Gasteiger charge is 2.44. The fourth-order valence-electron chi connectivity index (χ4n) is 6.24. The number of carboxylic acids is 1. The number of amides is 1. The minimum atomic E-state index is -5.07. The second kappa shape index (κ2) is 12.4. The van der Waals surface area contributed by atoms with Crippen molar-refractivity contribution < 1.29 is 54.9 Å². The van der Waals surface area contributed by atoms with Gasteiger partial charge in [-0.25, -0.2) is 14.0 Å². The molecular formula is C34H31F7N2O5. The maximum atomic E-state index is 15.0. The quantitative estimate of drug-likeness (QED) is 0.251. The number of carboxylic acid groups (broad SMARTS) is 1. The summed E-state index contributed by atoms with van der Waals surface area (Å²) in [6.45, 7) is 5.48. The van der Waals surface area contributed by atoms with Gasteiger partial charge >= 0.3 is 24.4 Å². The van der Waals surface area contributed by atoms with Gasteiger partial charge in [-0.1, -0.05) is 13.8 Å². The average molecular weight is 681 g/mol. The van der Waals surface area contributed by atoms with Crippen molar-refractivity contribution in [2.75, 3.05) is 13.7 Å². The number of pyridine rings is 1. The topological polar surface area (TPSA) is 89.0 Å². The number of methoxy groups -OCH3 is 1. The Bertz CT molecular complexity index is 1770. The van der Waals surface area contributed by atoms with Crippen LogP contribution < -0.4 is 4.74 Å². The van der Waals surface area contributed by atoms with Crippen molar-refractivity contribution in [3.05, 3.63) is 87.9 Å². The molecule has 1 aliphatic heterocycles. The number of hydrogen-bond donors (Lipinski definition) is 1. The Morgan fingerprint density at radius 2 is 1.69 bits per heavy atom. The molecule has 2 aromatic carbocycles. The lowest BCUT2D eigenvalue weighted by atomic mass is 9.72. The number of allylic oxidation sites excluding steroid dienone is 1. The van der Waals surface area contributed by atoms with E-state index in [1.807, 2.05) is 13.8 Å². The van der Waals surface area contributed by atoms with Crippen molar-refractivity contribution in [1.29, 1.82) is 0 Å². The van der Waals surface area contributed by atoms with Gasteiger partial charge in [0, 0.05) is 17.7 Å². The normalized spacial score (nSPS) is 19.8. The number of rotatable bonds is 7. The smallest absolute Gasteiger partial charge is 0.416 e. The fourth-order valence-corrected chi connectivity index (χ4v) is 6.24. The first-order chi connectivity index (χ1) is 22.3. The molecule has 5 rings (SSSR count). The minimum absolute atomic E-state index is 0.0205. The molecule has 3 aromatic rings. The Morgan fingerprint density at radius 1 is 1.04 bits per heavy atom. The van der Waals surface area contributed by atoms with E-state index >= 15 is 4.39 Å². The highest BCUT2D eigenvalue weighted by atomic mass is 19.4. The predicted octanol–water partition coefficient (Wildman–Crippen LogP) is 9.18. The summed E-state index contributed by atoms with van der Waals surface area (Å²) in [5, 5.41) is 9.22. The van der Waals surface area contributed by atoms with E-state index in [1.165, 1.54) is 37.3 Å². The molecule has 14 heteroatoms. The number of nitrogens with zero attached hydrogens (tertiary/aromatic N) is 2. The lowest BCUT2D eigenvalue weighted by Gasteiger charge is -2.36. The maximum absolute atomic E-state index is 15.0. The lowest BCUT2D eigenvalue weighted by molar-refractivity contribution is -0.143. The molecule has 0 spiro atoms. The zero-order valence-electron chi connectivity index (χ0n) is 26.2. The van der Waals surface area contributed by atoms with Crippen LogP contribution in [0.1, 0.15) is 78.7 Å². The molecule has 1 saturated heterocycles. The Morgan fingerprint density at radius 3 is 2.25 bits per heavy atom. The third-order valence-electron chi connectivity index (χ3n) is 8.77. The van der Waals surface area contributed by atoms with E-state index in [0.29, 0.717) is 42.7 Å². The first-order valence-corrected chi connectivity index (χ1v) is 14.8. The number of hydrogen-bond acceptors (Lipinski definition) is 5. The van der Waals surface area contributed by atoms with Gasteiger partial charge in [0.2, 0.25) is 0 Å². The van der Waals surface area contributed by atoms with Gasteiger partial charge in [-0.2, -0.15) is 26.3 Å². The van der Waals surface area contributed by atoms with Crippen LogP contribution in [-0.2, 0) is 17.1 Å². The largest absolute Gasteiger partial charge is 0.495 e. The number of halogens is 7. The number of aromatic nitrogens is 1. The number of alkyl halides is 6. The van der Waals surface area contributed by atoms with Gasteiger partial charge in [-0.05, 0) is 90.8 Å². The molecule has 1 amide bonds. The Labute approximate surface area is 271 Å². The van der Waals surface area contributed by atoms with Crippen molar-refractivity contribution in [2.24, 2.45) is 5.41 Å². The van der Waals surface area contributed by atoms with Crippen LogP contribution in [0.15, 0.2) is 54.2 Å². The molecule has 256 valence electrons. The minimum Gasteiger partial charge on any atom is -0.495 e. The molecule has 1 aromatic heterocycles. The highest BCUT2D eigenvalue weighted by Crippen LogP contribution is 2.47. The van der Waals surface area contributed by atoms with Gasteiger partial charge in [0.1, 0.15) is 17.7 Å². The third kappa shape index (κ3) is 6.97. The van der Waals surface area contributed by atoms with E-state index in [2.05, 4.69) is 4.98 Å². The first kappa shape index (κ1) is 34.7. The molecule has 2 heterocycles. The summed E-state index contributed by atoms with van der Waals surface area (Å²) in [6.07, 6.45) is -9.40. The third-order valence-corrected chi connectivity index (χ3v) is 8.77. The Hall–Kier alpha value is -4.62. The summed E-state index contributed by atoms with van der Waals surface area (Å²) in [7, 11) is 1.42. The number of cyclic esters (lactones) is 1. The molecule has 48 heavy (non-hydrogen) atoms. The van der Waals surface area contributed by atoms with Crippen LogP contribution in [0.4, 0.5) is 35.5 Å². The van der Waals surface area contributed by atoms with Crippen LogP contribution in [0.25, 0.3) is 16.8 Å². The summed E-state index contributed by atoms with van der Waals surface area (Å²) in [4.78, 5) is 30.1. The van der Waals surface area contributed by atoms with Crippen LogP contribution in [0.5, 0.6) is 5.75 Å². The van der Waals surface area contributed by atoms with Gasteiger partial charge in [0.25, 0.3) is 0 Å². The Balaban J connectivity index is 1.55. The van der Waals surface area contributed by atoms with E-state index in [4.69, 9.17) is 9.47 Å². The van der Waals surface area contributed by atoms with E-state index in [9.17, 15) is 41.0 Å². The standard InChI is InChI=1S/C34H31F7N2O5/c1-17-29(19-9-21(33(36,37)38)12-22(10-19)34(39,40)41)48-31(46)43(17)16-20-14-32(2,3)8-7-23(20)25-13-27(42-15-28(25)47-4)24-6-5-18(30(44)45)11-26(24)35/h5-6,9-13,15,17,29H,7-8,14,16H2,1-4H3,(H,44,45)/t17-,29-/m0/s1. The molecule has 2 atom stereocenters. The Kier molecular flexibility index (Phi) is 8.99. The molecule has 7 nitrogen and oxygen atoms in total. The van der Waals surface area contributed by atoms with E-state index in [-0.39, 0.29) is 34.8 Å². The number of carbonyl (C=O) groups excluding carboxylic acids is 1. The number of benzene rings is 2. The van der Waals surface area contributed by atoms with E-state index < -0.39 is 59.1 Å². The van der Waals surface area contributed by atoms with Crippen molar-refractivity contribution in [3.8, 4) is 17.0 Å². The summed E-state index contributed by atoms with van der Waals surface area (Å²) in [5.41, 5.74) is -1.67. The zero-order valence-corrected chi connectivity index (χ0v) is 26.2.